The van der Waals surface area contributed by atoms with Crippen molar-refractivity contribution in [3.05, 3.63) is 47.0 Å². The first-order valence-corrected chi connectivity index (χ1v) is 15.9. The molecule has 42 heavy (non-hydrogen) atoms. The molecule has 1 spiro atoms. The van der Waals surface area contributed by atoms with Gasteiger partial charge in [0.25, 0.3) is 15.9 Å². The van der Waals surface area contributed by atoms with E-state index in [4.69, 9.17) is 18.7 Å². The molecule has 3 saturated heterocycles. The van der Waals surface area contributed by atoms with Crippen molar-refractivity contribution in [1.82, 2.24) is 10.1 Å². The molecule has 1 saturated carbocycles. The maximum Gasteiger partial charge on any atom is 0.270 e. The third kappa shape index (κ3) is 3.84. The molecule has 1 amide bonds. The molecule has 3 aromatic rings. The number of hydrogen-bond acceptors (Lipinski definition) is 9. The van der Waals surface area contributed by atoms with Crippen LogP contribution in [0, 0.1) is 0 Å². The van der Waals surface area contributed by atoms with E-state index in [9.17, 15) is 13.2 Å². The van der Waals surface area contributed by atoms with Gasteiger partial charge in [0, 0.05) is 47.4 Å². The van der Waals surface area contributed by atoms with Crippen LogP contribution < -0.4 is 19.1 Å². The second-order valence-electron chi connectivity index (χ2n) is 12.0. The van der Waals surface area contributed by atoms with Gasteiger partial charge in [0.2, 0.25) is 0 Å². The Balaban J connectivity index is 1.14. The van der Waals surface area contributed by atoms with Crippen LogP contribution in [-0.2, 0) is 26.6 Å². The summed E-state index contributed by atoms with van der Waals surface area (Å²) in [7, 11) is -1.52. The van der Waals surface area contributed by atoms with E-state index in [0.29, 0.717) is 30.9 Å². The summed E-state index contributed by atoms with van der Waals surface area (Å²) in [4.78, 5) is 17.3. The number of hydrogen-bond donors (Lipinski definition) is 1. The van der Waals surface area contributed by atoms with Crippen LogP contribution >= 0.6 is 0 Å². The van der Waals surface area contributed by atoms with Crippen molar-refractivity contribution >= 4 is 27.4 Å². The first-order chi connectivity index (χ1) is 20.3. The minimum absolute atomic E-state index is 0.00590. The minimum Gasteiger partial charge on any atom is -0.495 e. The lowest BCUT2D eigenvalue weighted by atomic mass is 9.79. The van der Waals surface area contributed by atoms with E-state index in [1.54, 1.807) is 4.90 Å². The first-order valence-electron chi connectivity index (χ1n) is 14.4. The van der Waals surface area contributed by atoms with Gasteiger partial charge in [-0.25, -0.2) is 8.42 Å². The molecule has 4 fully saturated rings. The zero-order chi connectivity index (χ0) is 28.8. The third-order valence-electron chi connectivity index (χ3n) is 9.57. The van der Waals surface area contributed by atoms with Gasteiger partial charge >= 0.3 is 0 Å². The SMILES string of the molecule is COc1cc(C(=O)N2C[C@@H]3C[C@H]2CO3)cc(OC)c1S(=O)(=O)Nc1noc2c1CC1(CC1)c1ccc(N3CCC3)cc1-2. The number of anilines is 2. The maximum atomic E-state index is 13.9. The Morgan fingerprint density at radius 1 is 1.12 bits per heavy atom. The molecule has 3 aliphatic heterocycles. The van der Waals surface area contributed by atoms with E-state index >= 15 is 0 Å². The Morgan fingerprint density at radius 2 is 1.88 bits per heavy atom. The molecule has 0 unspecified atom stereocenters. The normalized spacial score (nSPS) is 22.9. The van der Waals surface area contributed by atoms with Crippen molar-refractivity contribution in [3.8, 4) is 22.8 Å². The largest absolute Gasteiger partial charge is 0.495 e. The monoisotopic (exact) mass is 592 g/mol. The number of rotatable bonds is 7. The second kappa shape index (κ2) is 9.11. The molecular weight excluding hydrogens is 560 g/mol. The third-order valence-corrected chi connectivity index (χ3v) is 11.0. The number of benzene rings is 2. The van der Waals surface area contributed by atoms with Crippen LogP contribution in [0.15, 0.2) is 39.8 Å². The van der Waals surface area contributed by atoms with E-state index < -0.39 is 10.0 Å². The number of morpholine rings is 1. The van der Waals surface area contributed by atoms with Gasteiger partial charge in [-0.2, -0.15) is 0 Å². The number of ether oxygens (including phenoxy) is 3. The summed E-state index contributed by atoms with van der Waals surface area (Å²) in [5, 5.41) is 4.21. The van der Waals surface area contributed by atoms with Crippen molar-refractivity contribution in [2.45, 2.75) is 54.6 Å². The van der Waals surface area contributed by atoms with Crippen molar-refractivity contribution in [3.63, 3.8) is 0 Å². The number of likely N-dealkylation sites (tertiary alicyclic amines) is 1. The minimum atomic E-state index is -4.26. The van der Waals surface area contributed by atoms with Gasteiger partial charge in [0.1, 0.15) is 11.5 Å². The van der Waals surface area contributed by atoms with E-state index in [2.05, 4.69) is 33.0 Å². The second-order valence-corrected chi connectivity index (χ2v) is 13.6. The van der Waals surface area contributed by atoms with Crippen LogP contribution in [0.5, 0.6) is 11.5 Å². The summed E-state index contributed by atoms with van der Waals surface area (Å²) in [6.45, 7) is 3.07. The highest BCUT2D eigenvalue weighted by Crippen LogP contribution is 2.59. The molecule has 8 rings (SSSR count). The fraction of sp³-hybridized carbons (Fsp3) is 0.467. The quantitative estimate of drug-likeness (QED) is 0.439. The average molecular weight is 593 g/mol. The molecule has 1 aromatic heterocycles. The van der Waals surface area contributed by atoms with Crippen LogP contribution in [0.25, 0.3) is 11.3 Å². The molecule has 2 bridgehead atoms. The number of sulfonamides is 1. The maximum absolute atomic E-state index is 13.9. The Morgan fingerprint density at radius 3 is 2.48 bits per heavy atom. The lowest BCUT2D eigenvalue weighted by Gasteiger charge is -2.34. The van der Waals surface area contributed by atoms with E-state index in [-0.39, 0.29) is 45.7 Å². The number of aromatic nitrogens is 1. The Labute approximate surface area is 243 Å². The van der Waals surface area contributed by atoms with Gasteiger partial charge in [-0.05, 0) is 61.9 Å². The van der Waals surface area contributed by atoms with Crippen LogP contribution in [0.2, 0.25) is 0 Å². The molecule has 2 atom stereocenters. The number of nitrogens with zero attached hydrogens (tertiary/aromatic N) is 3. The molecule has 5 aliphatic rings. The van der Waals surface area contributed by atoms with E-state index in [1.165, 1.54) is 38.3 Å². The van der Waals surface area contributed by atoms with Gasteiger partial charge in [-0.3, -0.25) is 9.52 Å². The topological polar surface area (TPSA) is 123 Å². The average Bonchev–Trinajstić information content (AvgIpc) is 3.25. The fourth-order valence-corrected chi connectivity index (χ4v) is 8.34. The molecule has 1 N–H and O–H groups in total. The summed E-state index contributed by atoms with van der Waals surface area (Å²) >= 11 is 0. The van der Waals surface area contributed by atoms with Crippen molar-refractivity contribution in [1.29, 1.82) is 0 Å². The number of amides is 1. The summed E-state index contributed by atoms with van der Waals surface area (Å²) in [5.41, 5.74) is 4.38. The molecule has 4 heterocycles. The highest BCUT2D eigenvalue weighted by atomic mass is 32.2. The lowest BCUT2D eigenvalue weighted by molar-refractivity contribution is 0.0258. The highest BCUT2D eigenvalue weighted by Gasteiger charge is 2.51. The van der Waals surface area contributed by atoms with Gasteiger partial charge < -0.3 is 28.5 Å². The zero-order valence-electron chi connectivity index (χ0n) is 23.5. The Hall–Kier alpha value is -3.77. The van der Waals surface area contributed by atoms with Crippen molar-refractivity contribution < 1.29 is 31.9 Å². The van der Waals surface area contributed by atoms with Crippen molar-refractivity contribution in [2.75, 3.05) is 50.1 Å². The first kappa shape index (κ1) is 25.9. The summed E-state index contributed by atoms with van der Waals surface area (Å²) in [6.07, 6.45) is 4.73. The number of carbonyl (C=O) groups is 1. The van der Waals surface area contributed by atoms with Crippen LogP contribution in [0.3, 0.4) is 0 Å². The van der Waals surface area contributed by atoms with Gasteiger partial charge in [0.05, 0.1) is 33.0 Å². The van der Waals surface area contributed by atoms with Crippen LogP contribution in [0.1, 0.15) is 47.2 Å². The summed E-state index contributed by atoms with van der Waals surface area (Å²) < 4.78 is 53.0. The number of methoxy groups -OCH3 is 2. The van der Waals surface area contributed by atoms with Gasteiger partial charge in [-0.1, -0.05) is 11.2 Å². The predicted octanol–water partition coefficient (Wildman–Crippen LogP) is 3.57. The Bertz CT molecular complexity index is 1700. The summed E-state index contributed by atoms with van der Waals surface area (Å²) in [5.74, 6) is 0.564. The highest BCUT2D eigenvalue weighted by molar-refractivity contribution is 7.93. The summed E-state index contributed by atoms with van der Waals surface area (Å²) in [6, 6.07) is 9.46. The number of fused-ring (bicyclic) bond motifs is 6. The molecule has 220 valence electrons. The molecule has 2 aromatic carbocycles. The zero-order valence-corrected chi connectivity index (χ0v) is 24.3. The molecule has 0 radical (unpaired) electrons. The number of nitrogens with one attached hydrogen (secondary N) is 1. The predicted molar refractivity (Wildman–Crippen MR) is 153 cm³/mol. The Kier molecular flexibility index (Phi) is 5.62. The standard InChI is InChI=1S/C30H32N4O7S/c1-38-24-10-17(29(35)34-15-20-12-19(34)16-40-20)11-25(39-2)27(24)42(36,37)32-28-22-14-30(6-7-30)23-5-4-18(33-8-3-9-33)13-21(23)26(22)41-31-28/h4-5,10-11,13,19-20H,3,6-9,12,14-16H2,1-2H3,(H,31,32)/t19-,20-/m0/s1. The molecule has 11 nitrogen and oxygen atoms in total. The van der Waals surface area contributed by atoms with E-state index in [0.717, 1.165) is 49.2 Å². The number of carbonyl (C=O) groups excluding carboxylic acids is 1. The van der Waals surface area contributed by atoms with E-state index in [1.807, 2.05) is 0 Å². The fourth-order valence-electron chi connectivity index (χ4n) is 7.01. The molecular formula is C30H32N4O7S. The van der Waals surface area contributed by atoms with Crippen molar-refractivity contribution in [2.24, 2.45) is 0 Å². The lowest BCUT2D eigenvalue weighted by Crippen LogP contribution is -2.41. The smallest absolute Gasteiger partial charge is 0.270 e. The van der Waals surface area contributed by atoms with Gasteiger partial charge in [-0.15, -0.1) is 0 Å². The van der Waals surface area contributed by atoms with Crippen LogP contribution in [-0.4, -0.2) is 77.0 Å². The van der Waals surface area contributed by atoms with Gasteiger partial charge in [0.15, 0.2) is 16.5 Å². The van der Waals surface area contributed by atoms with Crippen LogP contribution in [0.4, 0.5) is 11.5 Å². The molecule has 2 aliphatic carbocycles. The molecule has 12 heteroatoms.